The van der Waals surface area contributed by atoms with Gasteiger partial charge in [-0.15, -0.1) is 11.3 Å². The maximum Gasteiger partial charge on any atom is 0.164 e. The van der Waals surface area contributed by atoms with Gasteiger partial charge in [-0.25, -0.2) is 15.0 Å². The summed E-state index contributed by atoms with van der Waals surface area (Å²) in [6, 6.07) is 80.0. The first-order chi connectivity index (χ1) is 31.2. The molecule has 0 saturated heterocycles. The molecule has 0 aliphatic heterocycles. The Hall–Kier alpha value is -8.05. The normalized spacial score (nSPS) is 11.5. The first kappa shape index (κ1) is 36.8. The number of rotatable bonds is 7. The fourth-order valence-electron chi connectivity index (χ4n) is 9.15. The van der Waals surface area contributed by atoms with Crippen LogP contribution in [0.5, 0.6) is 0 Å². The van der Waals surface area contributed by atoms with E-state index < -0.39 is 0 Å². The number of nitrogens with zero attached hydrogens (tertiary/aromatic N) is 3. The summed E-state index contributed by atoms with van der Waals surface area (Å²) in [5.74, 6) is 1.91. The minimum Gasteiger partial charge on any atom is -0.208 e. The SMILES string of the molecule is c1ccc(-c2nc(-c3ccc(-c4ccc(-c5ccc(-c6ccc7sc8ccccc8c7c6)c6ccccc56)c5ccccc45)cc3)nc(-c3ccccc3-c3ccccc3)n2)cc1. The Morgan fingerprint density at radius 1 is 0.222 bits per heavy atom. The number of benzene rings is 10. The van der Waals surface area contributed by atoms with Crippen molar-refractivity contribution in [3.63, 3.8) is 0 Å². The number of fused-ring (bicyclic) bond motifs is 5. The second-order valence-electron chi connectivity index (χ2n) is 15.9. The van der Waals surface area contributed by atoms with E-state index >= 15 is 0 Å². The van der Waals surface area contributed by atoms with Gasteiger partial charge in [-0.3, -0.25) is 0 Å². The van der Waals surface area contributed by atoms with E-state index in [0.717, 1.165) is 33.4 Å². The summed E-state index contributed by atoms with van der Waals surface area (Å²) in [7, 11) is 0. The summed E-state index contributed by atoms with van der Waals surface area (Å²) in [4.78, 5) is 15.2. The quantitative estimate of drug-likeness (QED) is 0.161. The molecule has 0 atom stereocenters. The molecule has 2 heterocycles. The molecule has 4 heteroatoms. The van der Waals surface area contributed by atoms with Crippen LogP contribution in [0.1, 0.15) is 0 Å². The topological polar surface area (TPSA) is 38.7 Å². The molecule has 0 aliphatic carbocycles. The fraction of sp³-hybridized carbons (Fsp3) is 0. The van der Waals surface area contributed by atoms with Crippen molar-refractivity contribution in [1.82, 2.24) is 15.0 Å². The van der Waals surface area contributed by atoms with Gasteiger partial charge in [-0.2, -0.15) is 0 Å². The smallest absolute Gasteiger partial charge is 0.164 e. The summed E-state index contributed by atoms with van der Waals surface area (Å²) in [6.07, 6.45) is 0. The van der Waals surface area contributed by atoms with Gasteiger partial charge in [0.1, 0.15) is 0 Å². The molecule has 0 N–H and O–H groups in total. The Kier molecular flexibility index (Phi) is 9.02. The zero-order valence-electron chi connectivity index (χ0n) is 34.1. The van der Waals surface area contributed by atoms with E-state index in [2.05, 4.69) is 182 Å². The predicted molar refractivity (Wildman–Crippen MR) is 266 cm³/mol. The van der Waals surface area contributed by atoms with Crippen molar-refractivity contribution in [2.45, 2.75) is 0 Å². The lowest BCUT2D eigenvalue weighted by molar-refractivity contribution is 1.07. The van der Waals surface area contributed by atoms with E-state index in [-0.39, 0.29) is 0 Å². The second-order valence-corrected chi connectivity index (χ2v) is 17.0. The Bertz CT molecular complexity index is 3670. The van der Waals surface area contributed by atoms with E-state index in [4.69, 9.17) is 15.0 Å². The molecule has 12 rings (SSSR count). The van der Waals surface area contributed by atoms with Crippen LogP contribution in [-0.2, 0) is 0 Å². The molecule has 0 radical (unpaired) electrons. The molecule has 10 aromatic carbocycles. The second kappa shape index (κ2) is 15.4. The highest BCUT2D eigenvalue weighted by Crippen LogP contribution is 2.43. The molecular weight excluding hydrogens is 783 g/mol. The average Bonchev–Trinajstić information content (AvgIpc) is 3.74. The van der Waals surface area contributed by atoms with E-state index in [9.17, 15) is 0 Å². The van der Waals surface area contributed by atoms with Crippen molar-refractivity contribution in [3.8, 4) is 78.7 Å². The molecule has 3 nitrogen and oxygen atoms in total. The Morgan fingerprint density at radius 2 is 0.619 bits per heavy atom. The molecule has 0 spiro atoms. The molecule has 0 saturated carbocycles. The summed E-state index contributed by atoms with van der Waals surface area (Å²) >= 11 is 1.86. The highest BCUT2D eigenvalue weighted by atomic mass is 32.1. The Morgan fingerprint density at radius 3 is 1.25 bits per heavy atom. The Balaban J connectivity index is 0.932. The van der Waals surface area contributed by atoms with Crippen LogP contribution in [0.2, 0.25) is 0 Å². The van der Waals surface area contributed by atoms with Crippen molar-refractivity contribution >= 4 is 53.1 Å². The van der Waals surface area contributed by atoms with E-state index in [1.54, 1.807) is 0 Å². The minimum atomic E-state index is 0.632. The molecule has 2 aromatic heterocycles. The number of hydrogen-bond acceptors (Lipinski definition) is 4. The molecule has 63 heavy (non-hydrogen) atoms. The van der Waals surface area contributed by atoms with Crippen molar-refractivity contribution < 1.29 is 0 Å². The van der Waals surface area contributed by atoms with Gasteiger partial charge < -0.3 is 0 Å². The first-order valence-electron chi connectivity index (χ1n) is 21.3. The van der Waals surface area contributed by atoms with Crippen LogP contribution in [0, 0.1) is 0 Å². The molecule has 0 amide bonds. The lowest BCUT2D eigenvalue weighted by atomic mass is 9.88. The summed E-state index contributed by atoms with van der Waals surface area (Å²) < 4.78 is 2.64. The Labute approximate surface area is 369 Å². The zero-order chi connectivity index (χ0) is 41.7. The van der Waals surface area contributed by atoms with Crippen LogP contribution < -0.4 is 0 Å². The zero-order valence-corrected chi connectivity index (χ0v) is 34.9. The van der Waals surface area contributed by atoms with Gasteiger partial charge in [0.25, 0.3) is 0 Å². The van der Waals surface area contributed by atoms with Crippen LogP contribution in [-0.4, -0.2) is 15.0 Å². The van der Waals surface area contributed by atoms with Crippen LogP contribution in [0.3, 0.4) is 0 Å². The molecule has 294 valence electrons. The van der Waals surface area contributed by atoms with E-state index in [1.807, 2.05) is 53.8 Å². The molecule has 0 fully saturated rings. The molecular formula is C59H37N3S. The van der Waals surface area contributed by atoms with Crippen LogP contribution >= 0.6 is 11.3 Å². The summed E-state index contributed by atoms with van der Waals surface area (Å²) in [5, 5.41) is 7.55. The molecule has 0 unspecified atom stereocenters. The third-order valence-electron chi connectivity index (χ3n) is 12.2. The van der Waals surface area contributed by atoms with Crippen LogP contribution in [0.4, 0.5) is 0 Å². The lowest BCUT2D eigenvalue weighted by Gasteiger charge is -2.16. The van der Waals surface area contributed by atoms with Crippen LogP contribution in [0.25, 0.3) is 120 Å². The largest absolute Gasteiger partial charge is 0.208 e. The summed E-state index contributed by atoms with van der Waals surface area (Å²) in [5.41, 5.74) is 12.3. The molecule has 0 bridgehead atoms. The first-order valence-corrected chi connectivity index (χ1v) is 22.1. The maximum atomic E-state index is 5.13. The van der Waals surface area contributed by atoms with Gasteiger partial charge in [0.2, 0.25) is 0 Å². The van der Waals surface area contributed by atoms with Gasteiger partial charge in [0.15, 0.2) is 17.5 Å². The van der Waals surface area contributed by atoms with Crippen molar-refractivity contribution in [3.05, 3.63) is 224 Å². The summed E-state index contributed by atoms with van der Waals surface area (Å²) in [6.45, 7) is 0. The maximum absolute atomic E-state index is 5.13. The third-order valence-corrected chi connectivity index (χ3v) is 13.4. The van der Waals surface area contributed by atoms with E-state index in [1.165, 1.54) is 69.5 Å². The number of hydrogen-bond donors (Lipinski definition) is 0. The van der Waals surface area contributed by atoms with Gasteiger partial charge in [0.05, 0.1) is 0 Å². The molecule has 12 aromatic rings. The number of thiophene rings is 1. The fourth-order valence-corrected chi connectivity index (χ4v) is 10.2. The van der Waals surface area contributed by atoms with Crippen LogP contribution in [0.15, 0.2) is 224 Å². The monoisotopic (exact) mass is 819 g/mol. The van der Waals surface area contributed by atoms with Gasteiger partial charge in [-0.1, -0.05) is 206 Å². The number of aromatic nitrogens is 3. The average molecular weight is 820 g/mol. The lowest BCUT2D eigenvalue weighted by Crippen LogP contribution is -2.01. The predicted octanol–water partition coefficient (Wildman–Crippen LogP) is 16.2. The minimum absolute atomic E-state index is 0.632. The van der Waals surface area contributed by atoms with Gasteiger partial charge in [-0.05, 0) is 84.3 Å². The standard InChI is InChI=1S/C59H37N3S/c1-3-15-38(16-4-1)43-19-7-12-25-53(43)59-61-57(40-17-5-2-6-18-40)60-58(62-59)41-29-27-39(28-30-41)44-32-34-50(48-22-10-8-20-46(44)48)51-35-33-45(47-21-9-11-23-49(47)51)42-31-36-56-54(37-42)52-24-13-14-26-55(52)63-56/h1-37H. The molecule has 0 aliphatic rings. The van der Waals surface area contributed by atoms with Gasteiger partial charge >= 0.3 is 0 Å². The van der Waals surface area contributed by atoms with Gasteiger partial charge in [0, 0.05) is 36.9 Å². The van der Waals surface area contributed by atoms with Crippen molar-refractivity contribution in [1.29, 1.82) is 0 Å². The van der Waals surface area contributed by atoms with Crippen molar-refractivity contribution in [2.24, 2.45) is 0 Å². The highest BCUT2D eigenvalue weighted by molar-refractivity contribution is 7.25. The highest BCUT2D eigenvalue weighted by Gasteiger charge is 2.18. The van der Waals surface area contributed by atoms with E-state index in [0.29, 0.717) is 17.5 Å². The van der Waals surface area contributed by atoms with Crippen molar-refractivity contribution in [2.75, 3.05) is 0 Å². The third kappa shape index (κ3) is 6.56.